The molecule has 1 aromatic carbocycles. The quantitative estimate of drug-likeness (QED) is 0.758. The SMILES string of the molecule is COc1ccc(C(=O)c2cccc(F)c2)nn1. The Labute approximate surface area is 97.1 Å². The number of rotatable bonds is 3. The van der Waals surface area contributed by atoms with Gasteiger partial charge in [0.15, 0.2) is 0 Å². The average molecular weight is 232 g/mol. The molecule has 0 unspecified atom stereocenters. The Morgan fingerprint density at radius 2 is 2.06 bits per heavy atom. The molecule has 0 spiro atoms. The van der Waals surface area contributed by atoms with Crippen molar-refractivity contribution in [3.8, 4) is 5.88 Å². The second kappa shape index (κ2) is 4.69. The van der Waals surface area contributed by atoms with Crippen LogP contribution in [0.4, 0.5) is 4.39 Å². The van der Waals surface area contributed by atoms with E-state index < -0.39 is 5.82 Å². The van der Waals surface area contributed by atoms with Crippen molar-refractivity contribution >= 4 is 5.78 Å². The van der Waals surface area contributed by atoms with E-state index in [1.807, 2.05) is 0 Å². The largest absolute Gasteiger partial charge is 0.480 e. The molecule has 1 aromatic heterocycles. The van der Waals surface area contributed by atoms with Gasteiger partial charge in [-0.3, -0.25) is 4.79 Å². The van der Waals surface area contributed by atoms with Crippen LogP contribution < -0.4 is 4.74 Å². The molecule has 0 aliphatic heterocycles. The van der Waals surface area contributed by atoms with E-state index in [1.165, 1.54) is 37.4 Å². The molecule has 0 fully saturated rings. The van der Waals surface area contributed by atoms with Gasteiger partial charge in [-0.2, -0.15) is 0 Å². The maximum absolute atomic E-state index is 13.0. The zero-order valence-corrected chi connectivity index (χ0v) is 9.05. The zero-order chi connectivity index (χ0) is 12.3. The number of ether oxygens (including phenoxy) is 1. The molecule has 0 aliphatic rings. The van der Waals surface area contributed by atoms with E-state index in [0.29, 0.717) is 5.88 Å². The predicted octanol–water partition coefficient (Wildman–Crippen LogP) is 1.86. The summed E-state index contributed by atoms with van der Waals surface area (Å²) in [6, 6.07) is 8.44. The van der Waals surface area contributed by atoms with Crippen LogP contribution in [0.5, 0.6) is 5.88 Å². The molecule has 0 aliphatic carbocycles. The molecule has 0 radical (unpaired) electrons. The number of ketones is 1. The maximum Gasteiger partial charge on any atom is 0.233 e. The Hall–Kier alpha value is -2.30. The lowest BCUT2D eigenvalue weighted by molar-refractivity contribution is 0.103. The first-order valence-corrected chi connectivity index (χ1v) is 4.88. The van der Waals surface area contributed by atoms with Gasteiger partial charge in [-0.25, -0.2) is 4.39 Å². The molecule has 4 nitrogen and oxygen atoms in total. The highest BCUT2D eigenvalue weighted by Crippen LogP contribution is 2.10. The van der Waals surface area contributed by atoms with E-state index in [2.05, 4.69) is 10.2 Å². The average Bonchev–Trinajstić information content (AvgIpc) is 2.38. The van der Waals surface area contributed by atoms with E-state index in [-0.39, 0.29) is 17.0 Å². The number of carbonyl (C=O) groups excluding carboxylic acids is 1. The van der Waals surface area contributed by atoms with Gasteiger partial charge in [0.05, 0.1) is 7.11 Å². The Bertz CT molecular complexity index is 540. The molecular weight excluding hydrogens is 223 g/mol. The highest BCUT2D eigenvalue weighted by Gasteiger charge is 2.11. The Morgan fingerprint density at radius 3 is 2.65 bits per heavy atom. The van der Waals surface area contributed by atoms with Crippen LogP contribution in [-0.4, -0.2) is 23.1 Å². The lowest BCUT2D eigenvalue weighted by atomic mass is 10.1. The number of methoxy groups -OCH3 is 1. The van der Waals surface area contributed by atoms with Crippen LogP contribution in [0.25, 0.3) is 0 Å². The van der Waals surface area contributed by atoms with Gasteiger partial charge < -0.3 is 4.74 Å². The standard InChI is InChI=1S/C12H9FN2O2/c1-17-11-6-5-10(14-15-11)12(16)8-3-2-4-9(13)7-8/h2-7H,1H3. The maximum atomic E-state index is 13.0. The molecule has 0 saturated heterocycles. The second-order valence-corrected chi connectivity index (χ2v) is 3.30. The fraction of sp³-hybridized carbons (Fsp3) is 0.0833. The van der Waals surface area contributed by atoms with E-state index in [4.69, 9.17) is 4.74 Å². The number of hydrogen-bond acceptors (Lipinski definition) is 4. The van der Waals surface area contributed by atoms with Crippen molar-refractivity contribution < 1.29 is 13.9 Å². The second-order valence-electron chi connectivity index (χ2n) is 3.30. The van der Waals surface area contributed by atoms with E-state index >= 15 is 0 Å². The van der Waals surface area contributed by atoms with Gasteiger partial charge in [0.2, 0.25) is 11.7 Å². The third kappa shape index (κ3) is 2.44. The minimum Gasteiger partial charge on any atom is -0.480 e. The molecule has 0 atom stereocenters. The van der Waals surface area contributed by atoms with Gasteiger partial charge in [-0.05, 0) is 18.2 Å². The van der Waals surface area contributed by atoms with Crippen molar-refractivity contribution in [2.45, 2.75) is 0 Å². The summed E-state index contributed by atoms with van der Waals surface area (Å²) in [6.07, 6.45) is 0. The normalized spacial score (nSPS) is 10.0. The van der Waals surface area contributed by atoms with Crippen LogP contribution in [0.3, 0.4) is 0 Å². The highest BCUT2D eigenvalue weighted by molar-refractivity contribution is 6.07. The van der Waals surface area contributed by atoms with Crippen LogP contribution in [-0.2, 0) is 0 Å². The smallest absolute Gasteiger partial charge is 0.233 e. The Kier molecular flexibility index (Phi) is 3.09. The fourth-order valence-corrected chi connectivity index (χ4v) is 1.33. The van der Waals surface area contributed by atoms with Crippen LogP contribution in [0.1, 0.15) is 16.1 Å². The van der Waals surface area contributed by atoms with E-state index in [0.717, 1.165) is 6.07 Å². The van der Waals surface area contributed by atoms with Crippen LogP contribution in [0, 0.1) is 5.82 Å². The van der Waals surface area contributed by atoms with Crippen molar-refractivity contribution in [2.24, 2.45) is 0 Å². The molecule has 5 heteroatoms. The summed E-state index contributed by atoms with van der Waals surface area (Å²) in [5, 5.41) is 7.39. The van der Waals surface area contributed by atoms with Crippen LogP contribution in [0.15, 0.2) is 36.4 Å². The van der Waals surface area contributed by atoms with Crippen LogP contribution in [0.2, 0.25) is 0 Å². The number of hydrogen-bond donors (Lipinski definition) is 0. The molecule has 86 valence electrons. The van der Waals surface area contributed by atoms with Gasteiger partial charge in [0, 0.05) is 11.6 Å². The summed E-state index contributed by atoms with van der Waals surface area (Å²) in [4.78, 5) is 11.9. The van der Waals surface area contributed by atoms with Crippen molar-refractivity contribution in [3.05, 3.63) is 53.5 Å². The highest BCUT2D eigenvalue weighted by atomic mass is 19.1. The third-order valence-electron chi connectivity index (χ3n) is 2.17. The summed E-state index contributed by atoms with van der Waals surface area (Å²) in [5.41, 5.74) is 0.390. The first kappa shape index (κ1) is 11.2. The molecule has 2 rings (SSSR count). The van der Waals surface area contributed by atoms with Crippen molar-refractivity contribution in [3.63, 3.8) is 0 Å². The first-order chi connectivity index (χ1) is 8.20. The monoisotopic (exact) mass is 232 g/mol. The van der Waals surface area contributed by atoms with Gasteiger partial charge in [-0.1, -0.05) is 12.1 Å². The van der Waals surface area contributed by atoms with Gasteiger partial charge in [0.25, 0.3) is 0 Å². The third-order valence-corrected chi connectivity index (χ3v) is 2.17. The molecule has 1 heterocycles. The molecule has 2 aromatic rings. The number of nitrogens with zero attached hydrogens (tertiary/aromatic N) is 2. The molecule has 0 amide bonds. The predicted molar refractivity (Wildman–Crippen MR) is 58.4 cm³/mol. The Morgan fingerprint density at radius 1 is 1.24 bits per heavy atom. The number of benzene rings is 1. The minimum absolute atomic E-state index is 0.149. The van der Waals surface area contributed by atoms with Gasteiger partial charge in [-0.15, -0.1) is 10.2 Å². The Balaban J connectivity index is 2.30. The van der Waals surface area contributed by atoms with Crippen molar-refractivity contribution in [1.29, 1.82) is 0 Å². The van der Waals surface area contributed by atoms with Gasteiger partial charge in [0.1, 0.15) is 11.5 Å². The first-order valence-electron chi connectivity index (χ1n) is 4.88. The molecule has 0 saturated carbocycles. The molecule has 0 bridgehead atoms. The zero-order valence-electron chi connectivity index (χ0n) is 9.05. The topological polar surface area (TPSA) is 52.1 Å². The van der Waals surface area contributed by atoms with Crippen molar-refractivity contribution in [1.82, 2.24) is 10.2 Å². The fourth-order valence-electron chi connectivity index (χ4n) is 1.33. The lowest BCUT2D eigenvalue weighted by Gasteiger charge is -2.01. The number of carbonyl (C=O) groups is 1. The molecular formula is C12H9FN2O2. The summed E-state index contributed by atoms with van der Waals surface area (Å²) in [7, 11) is 1.46. The number of halogens is 1. The summed E-state index contributed by atoms with van der Waals surface area (Å²) in [6.45, 7) is 0. The van der Waals surface area contributed by atoms with Crippen LogP contribution >= 0.6 is 0 Å². The molecule has 0 N–H and O–H groups in total. The summed E-state index contributed by atoms with van der Waals surface area (Å²) >= 11 is 0. The van der Waals surface area contributed by atoms with E-state index in [1.54, 1.807) is 0 Å². The van der Waals surface area contributed by atoms with Crippen molar-refractivity contribution in [2.75, 3.05) is 7.11 Å². The molecule has 17 heavy (non-hydrogen) atoms. The van der Waals surface area contributed by atoms with E-state index in [9.17, 15) is 9.18 Å². The minimum atomic E-state index is -0.461. The lowest BCUT2D eigenvalue weighted by Crippen LogP contribution is -2.06. The van der Waals surface area contributed by atoms with Gasteiger partial charge >= 0.3 is 0 Å². The number of aromatic nitrogens is 2. The summed E-state index contributed by atoms with van der Waals surface area (Å²) < 4.78 is 17.8. The summed E-state index contributed by atoms with van der Waals surface area (Å²) in [5.74, 6) is -0.516.